The van der Waals surface area contributed by atoms with Crippen LogP contribution >= 0.6 is 23.5 Å². The predicted octanol–water partition coefficient (Wildman–Crippen LogP) is 2.72. The maximum atomic E-state index is 12.5. The van der Waals surface area contributed by atoms with Crippen molar-refractivity contribution in [3.8, 4) is 0 Å². The van der Waals surface area contributed by atoms with E-state index in [0.717, 1.165) is 16.7 Å². The van der Waals surface area contributed by atoms with Gasteiger partial charge in [0.05, 0.1) is 11.3 Å². The van der Waals surface area contributed by atoms with Crippen molar-refractivity contribution in [2.24, 2.45) is 0 Å². The molecule has 0 unspecified atom stereocenters. The highest BCUT2D eigenvalue weighted by molar-refractivity contribution is 8.14. The van der Waals surface area contributed by atoms with Gasteiger partial charge in [0.25, 0.3) is 11.1 Å². The number of alkyl halides is 3. The Hall–Kier alpha value is -1.68. The van der Waals surface area contributed by atoms with E-state index in [0.29, 0.717) is 0 Å². The van der Waals surface area contributed by atoms with Crippen LogP contribution in [0.15, 0.2) is 29.2 Å². The fraction of sp³-hybridized carbons (Fsp3) is 0.308. The van der Waals surface area contributed by atoms with Crippen LogP contribution in [0.1, 0.15) is 10.4 Å². The lowest BCUT2D eigenvalue weighted by molar-refractivity contribution is -0.124. The molecule has 1 aliphatic rings. The highest BCUT2D eigenvalue weighted by atomic mass is 32.2. The molecule has 0 radical (unpaired) electrons. The Morgan fingerprint density at radius 2 is 2.00 bits per heavy atom. The number of rotatable bonds is 5. The summed E-state index contributed by atoms with van der Waals surface area (Å²) in [6.45, 7) is -0.0348. The molecule has 2 rings (SSSR count). The summed E-state index contributed by atoms with van der Waals surface area (Å²) >= 11 is 0.506. The quantitative estimate of drug-likeness (QED) is 0.814. The number of nitrogens with one attached hydrogen (secondary N) is 1. The highest BCUT2D eigenvalue weighted by Crippen LogP contribution is 2.38. The molecule has 1 fully saturated rings. The SMILES string of the molecule is O=C(NCCN1C(=O)CSC1=O)c1ccccc1SC(F)(F)F. The molecule has 0 aliphatic carbocycles. The van der Waals surface area contributed by atoms with Crippen molar-refractivity contribution in [3.05, 3.63) is 29.8 Å². The van der Waals surface area contributed by atoms with Crippen molar-refractivity contribution in [2.75, 3.05) is 18.8 Å². The van der Waals surface area contributed by atoms with Gasteiger partial charge in [-0.25, -0.2) is 0 Å². The van der Waals surface area contributed by atoms with Crippen LogP contribution in [0.3, 0.4) is 0 Å². The van der Waals surface area contributed by atoms with Crippen molar-refractivity contribution >= 4 is 40.6 Å². The molecule has 1 heterocycles. The zero-order valence-corrected chi connectivity index (χ0v) is 13.2. The third kappa shape index (κ3) is 4.90. The van der Waals surface area contributed by atoms with Gasteiger partial charge >= 0.3 is 5.51 Å². The second kappa shape index (κ2) is 7.26. The first kappa shape index (κ1) is 17.7. The van der Waals surface area contributed by atoms with Crippen molar-refractivity contribution in [2.45, 2.75) is 10.4 Å². The van der Waals surface area contributed by atoms with E-state index in [1.165, 1.54) is 24.3 Å². The fourth-order valence-corrected chi connectivity index (χ4v) is 3.26. The Kier molecular flexibility index (Phi) is 5.58. The van der Waals surface area contributed by atoms with Gasteiger partial charge in [0.15, 0.2) is 0 Å². The Labute approximate surface area is 138 Å². The zero-order valence-electron chi connectivity index (χ0n) is 11.6. The lowest BCUT2D eigenvalue weighted by Gasteiger charge is -2.14. The molecular formula is C13H11F3N2O3S2. The number of amides is 3. The minimum absolute atomic E-state index is 0.00894. The van der Waals surface area contributed by atoms with Crippen LogP contribution in [0, 0.1) is 0 Å². The van der Waals surface area contributed by atoms with Crippen LogP contribution in [0.2, 0.25) is 0 Å². The molecule has 0 spiro atoms. The van der Waals surface area contributed by atoms with E-state index in [1.807, 2.05) is 0 Å². The number of hydrogen-bond acceptors (Lipinski definition) is 5. The van der Waals surface area contributed by atoms with Crippen molar-refractivity contribution in [1.82, 2.24) is 10.2 Å². The van der Waals surface area contributed by atoms with E-state index >= 15 is 0 Å². The van der Waals surface area contributed by atoms with Gasteiger partial charge < -0.3 is 5.32 Å². The normalized spacial score (nSPS) is 15.2. The summed E-state index contributed by atoms with van der Waals surface area (Å²) in [7, 11) is 0. The first-order chi connectivity index (χ1) is 10.8. The van der Waals surface area contributed by atoms with Gasteiger partial charge in [-0.15, -0.1) is 0 Å². The first-order valence-electron chi connectivity index (χ1n) is 6.38. The largest absolute Gasteiger partial charge is 0.446 e. The van der Waals surface area contributed by atoms with E-state index < -0.39 is 16.7 Å². The van der Waals surface area contributed by atoms with Crippen LogP contribution in [-0.2, 0) is 4.79 Å². The second-order valence-corrected chi connectivity index (χ2v) is 6.43. The van der Waals surface area contributed by atoms with E-state index in [9.17, 15) is 27.6 Å². The third-order valence-electron chi connectivity index (χ3n) is 2.82. The molecule has 0 atom stereocenters. The highest BCUT2D eigenvalue weighted by Gasteiger charge is 2.32. The van der Waals surface area contributed by atoms with Crippen molar-refractivity contribution in [3.63, 3.8) is 0 Å². The number of carbonyl (C=O) groups excluding carboxylic acids is 3. The van der Waals surface area contributed by atoms with E-state index in [4.69, 9.17) is 0 Å². The summed E-state index contributed by atoms with van der Waals surface area (Å²) in [4.78, 5) is 35.5. The Bertz CT molecular complexity index is 621. The van der Waals surface area contributed by atoms with Gasteiger partial charge in [-0.05, 0) is 23.9 Å². The number of imide groups is 1. The average molecular weight is 364 g/mol. The summed E-state index contributed by atoms with van der Waals surface area (Å²) in [5.74, 6) is -0.968. The summed E-state index contributed by atoms with van der Waals surface area (Å²) in [5.41, 5.74) is -4.61. The lowest BCUT2D eigenvalue weighted by atomic mass is 10.2. The van der Waals surface area contributed by atoms with Gasteiger partial charge in [0.2, 0.25) is 5.91 Å². The van der Waals surface area contributed by atoms with Crippen LogP contribution < -0.4 is 5.32 Å². The van der Waals surface area contributed by atoms with Crippen molar-refractivity contribution < 1.29 is 27.6 Å². The first-order valence-corrected chi connectivity index (χ1v) is 8.18. The molecular weight excluding hydrogens is 353 g/mol. The molecule has 0 aromatic heterocycles. The third-order valence-corrected chi connectivity index (χ3v) is 4.48. The molecule has 10 heteroatoms. The number of thioether (sulfide) groups is 2. The molecule has 1 saturated heterocycles. The molecule has 1 aromatic rings. The smallest absolute Gasteiger partial charge is 0.350 e. The number of hydrogen-bond donors (Lipinski definition) is 1. The minimum Gasteiger partial charge on any atom is -0.350 e. The maximum Gasteiger partial charge on any atom is 0.446 e. The number of benzene rings is 1. The van der Waals surface area contributed by atoms with Crippen LogP contribution in [0.5, 0.6) is 0 Å². The monoisotopic (exact) mass is 364 g/mol. The molecule has 1 aromatic carbocycles. The number of halogens is 3. The van der Waals surface area contributed by atoms with E-state index in [2.05, 4.69) is 5.32 Å². The Balaban J connectivity index is 1.96. The molecule has 5 nitrogen and oxygen atoms in total. The number of nitrogens with zero attached hydrogens (tertiary/aromatic N) is 1. The second-order valence-electron chi connectivity index (χ2n) is 4.40. The zero-order chi connectivity index (χ0) is 17.0. The van der Waals surface area contributed by atoms with Gasteiger partial charge in [0.1, 0.15) is 0 Å². The molecule has 0 bridgehead atoms. The fourth-order valence-electron chi connectivity index (χ4n) is 1.84. The van der Waals surface area contributed by atoms with E-state index in [1.54, 1.807) is 0 Å². The lowest BCUT2D eigenvalue weighted by Crippen LogP contribution is -2.37. The predicted molar refractivity (Wildman–Crippen MR) is 80.3 cm³/mol. The summed E-state index contributed by atoms with van der Waals surface area (Å²) < 4.78 is 37.4. The standard InChI is InChI=1S/C13H11F3N2O3S2/c14-13(15,16)23-9-4-2-1-3-8(9)11(20)17-5-6-18-10(19)7-22-12(18)21/h1-4H,5-7H2,(H,17,20). The average Bonchev–Trinajstić information content (AvgIpc) is 2.77. The van der Waals surface area contributed by atoms with Crippen LogP contribution in [0.25, 0.3) is 0 Å². The van der Waals surface area contributed by atoms with Gasteiger partial charge in [-0.2, -0.15) is 13.2 Å². The Morgan fingerprint density at radius 3 is 2.61 bits per heavy atom. The summed E-state index contributed by atoms with van der Waals surface area (Å²) in [6, 6.07) is 5.35. The summed E-state index contributed by atoms with van der Waals surface area (Å²) in [5, 5.41) is 2.03. The van der Waals surface area contributed by atoms with Gasteiger partial charge in [0, 0.05) is 18.0 Å². The Morgan fingerprint density at radius 1 is 1.30 bits per heavy atom. The van der Waals surface area contributed by atoms with E-state index in [-0.39, 0.29) is 47.0 Å². The number of carbonyl (C=O) groups is 3. The molecule has 1 N–H and O–H groups in total. The topological polar surface area (TPSA) is 66.5 Å². The van der Waals surface area contributed by atoms with Crippen LogP contribution in [0.4, 0.5) is 18.0 Å². The molecule has 1 aliphatic heterocycles. The molecule has 3 amide bonds. The van der Waals surface area contributed by atoms with Crippen molar-refractivity contribution in [1.29, 1.82) is 0 Å². The van der Waals surface area contributed by atoms with Gasteiger partial charge in [-0.3, -0.25) is 19.3 Å². The molecule has 124 valence electrons. The molecule has 0 saturated carbocycles. The maximum absolute atomic E-state index is 12.5. The molecule has 23 heavy (non-hydrogen) atoms. The summed E-state index contributed by atoms with van der Waals surface area (Å²) in [6.07, 6.45) is 0. The minimum atomic E-state index is -4.50. The van der Waals surface area contributed by atoms with Crippen LogP contribution in [-0.4, -0.2) is 46.3 Å². The van der Waals surface area contributed by atoms with Gasteiger partial charge in [-0.1, -0.05) is 23.9 Å².